The van der Waals surface area contributed by atoms with Crippen molar-refractivity contribution in [2.45, 2.75) is 6.92 Å². The van der Waals surface area contributed by atoms with Crippen molar-refractivity contribution in [2.75, 3.05) is 10.6 Å². The largest absolute Gasteiger partial charge is 0.326 e. The van der Waals surface area contributed by atoms with Crippen LogP contribution in [0.15, 0.2) is 66.3 Å². The average Bonchev–Trinajstić information content (AvgIpc) is 3.40. The van der Waals surface area contributed by atoms with E-state index in [4.69, 9.17) is 0 Å². The highest BCUT2D eigenvalue weighted by Crippen LogP contribution is 2.25. The topological polar surface area (TPSA) is 88.9 Å². The molecular weight excluding hydrogens is 405 g/mol. The molecule has 0 unspecified atom stereocenters. The Morgan fingerprint density at radius 3 is 2.67 bits per heavy atom. The van der Waals surface area contributed by atoms with E-state index in [0.717, 1.165) is 11.3 Å². The smallest absolute Gasteiger partial charge is 0.275 e. The molecule has 7 nitrogen and oxygen atoms in total. The Morgan fingerprint density at radius 2 is 1.90 bits per heavy atom. The Labute approximate surface area is 175 Å². The maximum Gasteiger partial charge on any atom is 0.275 e. The van der Waals surface area contributed by atoms with E-state index < -0.39 is 11.7 Å². The number of para-hydroxylation sites is 1. The van der Waals surface area contributed by atoms with Crippen molar-refractivity contribution in [3.63, 3.8) is 0 Å². The van der Waals surface area contributed by atoms with Gasteiger partial charge in [0.2, 0.25) is 5.91 Å². The van der Waals surface area contributed by atoms with Crippen LogP contribution >= 0.6 is 11.3 Å². The summed E-state index contributed by atoms with van der Waals surface area (Å²) in [5, 5.41) is 11.6. The first-order valence-corrected chi connectivity index (χ1v) is 9.82. The number of aromatic nitrogens is 3. The number of amides is 2. The molecule has 0 spiro atoms. The fourth-order valence-corrected chi connectivity index (χ4v) is 3.53. The van der Waals surface area contributed by atoms with Gasteiger partial charge < -0.3 is 10.6 Å². The van der Waals surface area contributed by atoms with Crippen LogP contribution in [0.5, 0.6) is 0 Å². The van der Waals surface area contributed by atoms with E-state index in [2.05, 4.69) is 20.7 Å². The second-order valence-electron chi connectivity index (χ2n) is 6.38. The van der Waals surface area contributed by atoms with Crippen molar-refractivity contribution in [1.82, 2.24) is 14.8 Å². The lowest BCUT2D eigenvalue weighted by Gasteiger charge is -2.08. The van der Waals surface area contributed by atoms with Gasteiger partial charge in [-0.3, -0.25) is 9.59 Å². The number of anilines is 2. The van der Waals surface area contributed by atoms with Gasteiger partial charge in [-0.05, 0) is 30.3 Å². The molecule has 150 valence electrons. The number of hydrogen-bond donors (Lipinski definition) is 2. The molecule has 2 amide bonds. The van der Waals surface area contributed by atoms with Gasteiger partial charge in [-0.2, -0.15) is 5.10 Å². The van der Waals surface area contributed by atoms with E-state index in [1.54, 1.807) is 16.3 Å². The summed E-state index contributed by atoms with van der Waals surface area (Å²) < 4.78 is 15.8. The third-order valence-corrected chi connectivity index (χ3v) is 5.01. The first-order valence-electron chi connectivity index (χ1n) is 8.94. The van der Waals surface area contributed by atoms with Crippen molar-refractivity contribution >= 4 is 34.5 Å². The summed E-state index contributed by atoms with van der Waals surface area (Å²) in [6.07, 6.45) is 3.50. The minimum Gasteiger partial charge on any atom is -0.326 e. The second-order valence-corrected chi connectivity index (χ2v) is 7.24. The van der Waals surface area contributed by atoms with Gasteiger partial charge in [0.25, 0.3) is 5.91 Å². The lowest BCUT2D eigenvalue weighted by Crippen LogP contribution is -2.14. The van der Waals surface area contributed by atoms with Crippen LogP contribution < -0.4 is 10.6 Å². The Hall–Kier alpha value is -3.85. The van der Waals surface area contributed by atoms with E-state index in [9.17, 15) is 14.0 Å². The number of benzene rings is 2. The molecule has 0 saturated heterocycles. The molecule has 0 aliphatic carbocycles. The van der Waals surface area contributed by atoms with Gasteiger partial charge in [-0.25, -0.2) is 14.1 Å². The van der Waals surface area contributed by atoms with E-state index in [1.165, 1.54) is 36.5 Å². The summed E-state index contributed by atoms with van der Waals surface area (Å²) in [6.45, 7) is 1.35. The third kappa shape index (κ3) is 4.26. The van der Waals surface area contributed by atoms with Crippen LogP contribution in [-0.4, -0.2) is 26.6 Å². The SMILES string of the molecule is CC(=O)Nc1ccc(F)c(NC(=O)c2csc(-c3cnn(-c4ccccc4)c3)n2)c1. The molecule has 9 heteroatoms. The zero-order valence-corrected chi connectivity index (χ0v) is 16.6. The molecule has 0 atom stereocenters. The van der Waals surface area contributed by atoms with Crippen LogP contribution in [0.2, 0.25) is 0 Å². The minimum absolute atomic E-state index is 0.0438. The third-order valence-electron chi connectivity index (χ3n) is 4.12. The quantitative estimate of drug-likeness (QED) is 0.502. The van der Waals surface area contributed by atoms with Crippen molar-refractivity contribution in [3.05, 3.63) is 77.8 Å². The van der Waals surface area contributed by atoms with Crippen LogP contribution in [0.1, 0.15) is 17.4 Å². The van der Waals surface area contributed by atoms with E-state index in [-0.39, 0.29) is 17.3 Å². The monoisotopic (exact) mass is 421 g/mol. The molecule has 2 aromatic heterocycles. The van der Waals surface area contributed by atoms with Crippen molar-refractivity contribution in [1.29, 1.82) is 0 Å². The van der Waals surface area contributed by atoms with Gasteiger partial charge in [0.05, 0.1) is 17.6 Å². The molecule has 0 saturated carbocycles. The van der Waals surface area contributed by atoms with Crippen molar-refractivity contribution in [2.24, 2.45) is 0 Å². The summed E-state index contributed by atoms with van der Waals surface area (Å²) in [7, 11) is 0. The summed E-state index contributed by atoms with van der Waals surface area (Å²) in [5.41, 5.74) is 2.17. The molecule has 4 rings (SSSR count). The van der Waals surface area contributed by atoms with Gasteiger partial charge in [-0.1, -0.05) is 18.2 Å². The predicted molar refractivity (Wildman–Crippen MR) is 113 cm³/mol. The number of nitrogens with one attached hydrogen (secondary N) is 2. The van der Waals surface area contributed by atoms with E-state index in [1.807, 2.05) is 36.5 Å². The predicted octanol–water partition coefficient (Wildman–Crippen LogP) is 4.35. The molecule has 0 fully saturated rings. The molecule has 2 heterocycles. The van der Waals surface area contributed by atoms with Crippen molar-refractivity contribution < 1.29 is 14.0 Å². The molecule has 0 radical (unpaired) electrons. The molecule has 30 heavy (non-hydrogen) atoms. The van der Waals surface area contributed by atoms with Gasteiger partial charge in [0.1, 0.15) is 16.5 Å². The van der Waals surface area contributed by atoms with Crippen LogP contribution in [0.4, 0.5) is 15.8 Å². The van der Waals surface area contributed by atoms with Crippen LogP contribution in [-0.2, 0) is 4.79 Å². The fraction of sp³-hybridized carbons (Fsp3) is 0.0476. The van der Waals surface area contributed by atoms with Gasteiger partial charge in [0, 0.05) is 29.8 Å². The lowest BCUT2D eigenvalue weighted by atomic mass is 10.2. The summed E-state index contributed by atoms with van der Waals surface area (Å²) in [4.78, 5) is 28.0. The second kappa shape index (κ2) is 8.26. The van der Waals surface area contributed by atoms with E-state index in [0.29, 0.717) is 10.7 Å². The first-order chi connectivity index (χ1) is 14.5. The number of hydrogen-bond acceptors (Lipinski definition) is 5. The Kier molecular flexibility index (Phi) is 5.36. The van der Waals surface area contributed by atoms with Crippen LogP contribution in [0.25, 0.3) is 16.3 Å². The maximum absolute atomic E-state index is 14.1. The number of carbonyl (C=O) groups is 2. The molecule has 0 aliphatic rings. The molecule has 0 aliphatic heterocycles. The van der Waals surface area contributed by atoms with Crippen LogP contribution in [0, 0.1) is 5.82 Å². The Balaban J connectivity index is 1.51. The van der Waals surface area contributed by atoms with Crippen molar-refractivity contribution in [3.8, 4) is 16.3 Å². The zero-order chi connectivity index (χ0) is 21.1. The zero-order valence-electron chi connectivity index (χ0n) is 15.8. The molecule has 2 N–H and O–H groups in total. The molecule has 4 aromatic rings. The summed E-state index contributed by atoms with van der Waals surface area (Å²) >= 11 is 1.29. The number of carbonyl (C=O) groups excluding carboxylic acids is 2. The number of halogens is 1. The Bertz CT molecular complexity index is 1220. The normalized spacial score (nSPS) is 10.6. The van der Waals surface area contributed by atoms with Crippen LogP contribution in [0.3, 0.4) is 0 Å². The number of thiazole rings is 1. The minimum atomic E-state index is -0.614. The fourth-order valence-electron chi connectivity index (χ4n) is 2.75. The first kappa shape index (κ1) is 19.5. The average molecular weight is 421 g/mol. The highest BCUT2D eigenvalue weighted by Gasteiger charge is 2.15. The standard InChI is InChI=1S/C21H16FN5O2S/c1-13(28)24-15-7-8-17(22)18(9-15)25-20(29)19-12-30-21(26-19)14-10-23-27(11-14)16-5-3-2-4-6-16/h2-12H,1H3,(H,24,28)(H,25,29). The Morgan fingerprint density at radius 1 is 1.10 bits per heavy atom. The maximum atomic E-state index is 14.1. The molecule has 0 bridgehead atoms. The van der Waals surface area contributed by atoms with Gasteiger partial charge in [0.15, 0.2) is 0 Å². The summed E-state index contributed by atoms with van der Waals surface area (Å²) in [6, 6.07) is 13.6. The van der Waals surface area contributed by atoms with Gasteiger partial charge >= 0.3 is 0 Å². The van der Waals surface area contributed by atoms with E-state index >= 15 is 0 Å². The molecule has 2 aromatic carbocycles. The molecular formula is C21H16FN5O2S. The number of nitrogens with zero attached hydrogens (tertiary/aromatic N) is 3. The highest BCUT2D eigenvalue weighted by molar-refractivity contribution is 7.13. The summed E-state index contributed by atoms with van der Waals surface area (Å²) in [5.74, 6) is -1.46. The lowest BCUT2D eigenvalue weighted by molar-refractivity contribution is -0.114. The van der Waals surface area contributed by atoms with Gasteiger partial charge in [-0.15, -0.1) is 11.3 Å². The number of rotatable bonds is 5. The highest BCUT2D eigenvalue weighted by atomic mass is 32.1.